The van der Waals surface area contributed by atoms with E-state index >= 15 is 0 Å². The maximum absolute atomic E-state index is 11.9. The molecule has 2 fully saturated rings. The van der Waals surface area contributed by atoms with Gasteiger partial charge in [0.05, 0.1) is 13.2 Å². The molecule has 4 aliphatic rings. The predicted octanol–water partition coefficient (Wildman–Crippen LogP) is 6.22. The SMILES string of the molecule is O=C(CCCOc1ccc2c(c1)CCN(C1CCC1)CC2)n1ccnc1.O=C(O)CCCOc1ccc2c(c1)CCN(C1CCC1)CC2. The molecule has 0 amide bonds. The quantitative estimate of drug-likeness (QED) is 0.230. The van der Waals surface area contributed by atoms with E-state index in [2.05, 4.69) is 45.1 Å². The number of rotatable bonds is 12. The smallest absolute Gasteiger partial charge is 0.303 e. The van der Waals surface area contributed by atoms with Crippen LogP contribution in [0, 0.1) is 0 Å². The number of aliphatic carboxylic acids is 1. The number of carboxylic acids is 1. The molecule has 2 saturated carbocycles. The highest BCUT2D eigenvalue weighted by atomic mass is 16.5. The van der Waals surface area contributed by atoms with E-state index in [1.807, 2.05) is 6.07 Å². The van der Waals surface area contributed by atoms with Crippen LogP contribution >= 0.6 is 0 Å². The Kier molecular flexibility index (Phi) is 12.2. The summed E-state index contributed by atoms with van der Waals surface area (Å²) in [6.45, 7) is 5.72. The monoisotopic (exact) mass is 656 g/mol. The second-order valence-electron chi connectivity index (χ2n) is 13.8. The van der Waals surface area contributed by atoms with Crippen molar-refractivity contribution in [3.63, 3.8) is 0 Å². The Morgan fingerprint density at radius 3 is 1.65 bits per heavy atom. The number of fused-ring (bicyclic) bond motifs is 2. The van der Waals surface area contributed by atoms with Gasteiger partial charge in [-0.15, -0.1) is 0 Å². The van der Waals surface area contributed by atoms with Crippen molar-refractivity contribution in [1.82, 2.24) is 19.4 Å². The van der Waals surface area contributed by atoms with Crippen LogP contribution in [0.25, 0.3) is 0 Å². The highest BCUT2D eigenvalue weighted by Crippen LogP contribution is 2.30. The van der Waals surface area contributed by atoms with Gasteiger partial charge in [-0.05, 0) is 111 Å². The third kappa shape index (κ3) is 9.47. The average Bonchev–Trinajstić information content (AvgIpc) is 3.41. The Morgan fingerprint density at radius 1 is 0.708 bits per heavy atom. The molecule has 0 saturated heterocycles. The molecule has 0 spiro atoms. The molecule has 0 atom stereocenters. The third-order valence-electron chi connectivity index (χ3n) is 10.6. The van der Waals surface area contributed by atoms with Gasteiger partial charge in [-0.25, -0.2) is 4.98 Å². The van der Waals surface area contributed by atoms with E-state index in [0.29, 0.717) is 32.5 Å². The molecule has 7 rings (SSSR count). The molecule has 9 nitrogen and oxygen atoms in total. The van der Waals surface area contributed by atoms with Gasteiger partial charge in [0.25, 0.3) is 0 Å². The summed E-state index contributed by atoms with van der Waals surface area (Å²) in [6, 6.07) is 14.5. The summed E-state index contributed by atoms with van der Waals surface area (Å²) < 4.78 is 13.1. The highest BCUT2D eigenvalue weighted by molar-refractivity contribution is 5.78. The minimum absolute atomic E-state index is 0.0594. The summed E-state index contributed by atoms with van der Waals surface area (Å²) in [5.41, 5.74) is 5.74. The number of hydrogen-bond donors (Lipinski definition) is 1. The largest absolute Gasteiger partial charge is 0.494 e. The molecule has 2 aromatic carbocycles. The first-order valence-electron chi connectivity index (χ1n) is 18.2. The molecule has 258 valence electrons. The molecule has 2 aliphatic carbocycles. The van der Waals surface area contributed by atoms with Gasteiger partial charge in [0.1, 0.15) is 17.8 Å². The minimum atomic E-state index is -0.762. The second kappa shape index (κ2) is 17.1. The summed E-state index contributed by atoms with van der Waals surface area (Å²) in [7, 11) is 0. The fourth-order valence-electron chi connectivity index (χ4n) is 7.21. The number of imidazole rings is 1. The highest BCUT2D eigenvalue weighted by Gasteiger charge is 2.27. The standard InChI is InChI=1S/C21H27N3O2.C18H25NO3/c25-21(24-13-10-22-16-24)5-2-14-26-20-7-6-17-8-11-23(19-3-1-4-19)12-9-18(17)15-20;20-18(21)5-2-12-22-17-7-6-14-8-10-19(16-3-1-4-16)11-9-15(14)13-17/h6-7,10,13,15-16,19H,1-5,8-9,11-12,14H2;6-7,13,16H,1-5,8-12H2,(H,20,21). The summed E-state index contributed by atoms with van der Waals surface area (Å²) in [5, 5.41) is 8.63. The number of hydrogen-bond acceptors (Lipinski definition) is 7. The predicted molar refractivity (Wildman–Crippen MR) is 186 cm³/mol. The number of benzene rings is 2. The number of aromatic nitrogens is 2. The lowest BCUT2D eigenvalue weighted by Gasteiger charge is -2.36. The lowest BCUT2D eigenvalue weighted by atomic mass is 9.91. The summed E-state index contributed by atoms with van der Waals surface area (Å²) in [4.78, 5) is 31.6. The molecule has 0 radical (unpaired) electrons. The maximum Gasteiger partial charge on any atom is 0.303 e. The van der Waals surface area contributed by atoms with Crippen LogP contribution in [0.2, 0.25) is 0 Å². The van der Waals surface area contributed by atoms with E-state index in [1.165, 1.54) is 85.0 Å². The third-order valence-corrected chi connectivity index (χ3v) is 10.6. The van der Waals surface area contributed by atoms with Crippen LogP contribution in [0.15, 0.2) is 55.1 Å². The first-order chi connectivity index (χ1) is 23.5. The Morgan fingerprint density at radius 2 is 1.21 bits per heavy atom. The van der Waals surface area contributed by atoms with Gasteiger partial charge in [0, 0.05) is 63.5 Å². The van der Waals surface area contributed by atoms with Crippen LogP contribution in [-0.2, 0) is 30.5 Å². The van der Waals surface area contributed by atoms with Crippen molar-refractivity contribution in [3.05, 3.63) is 77.4 Å². The van der Waals surface area contributed by atoms with Crippen LogP contribution in [0.4, 0.5) is 0 Å². The van der Waals surface area contributed by atoms with Gasteiger partial charge in [-0.3, -0.25) is 24.0 Å². The fraction of sp³-hybridized carbons (Fsp3) is 0.564. The number of nitrogens with zero attached hydrogens (tertiary/aromatic N) is 4. The Balaban J connectivity index is 0.000000170. The van der Waals surface area contributed by atoms with Crippen molar-refractivity contribution in [2.75, 3.05) is 39.4 Å². The lowest BCUT2D eigenvalue weighted by Crippen LogP contribution is -2.41. The van der Waals surface area contributed by atoms with Crippen LogP contribution in [0.3, 0.4) is 0 Å². The van der Waals surface area contributed by atoms with Crippen molar-refractivity contribution in [3.8, 4) is 11.5 Å². The molecule has 48 heavy (non-hydrogen) atoms. The Bertz CT molecular complexity index is 1480. The first kappa shape index (κ1) is 34.2. The van der Waals surface area contributed by atoms with E-state index in [9.17, 15) is 9.59 Å². The van der Waals surface area contributed by atoms with Crippen molar-refractivity contribution in [2.24, 2.45) is 0 Å². The molecule has 3 aromatic rings. The van der Waals surface area contributed by atoms with Gasteiger partial charge >= 0.3 is 5.97 Å². The van der Waals surface area contributed by atoms with Crippen LogP contribution < -0.4 is 9.47 Å². The number of ether oxygens (including phenoxy) is 2. The number of carboxylic acid groups (broad SMARTS) is 1. The van der Waals surface area contributed by atoms with E-state index in [1.54, 1.807) is 18.7 Å². The number of carbonyl (C=O) groups is 2. The van der Waals surface area contributed by atoms with Gasteiger partial charge in [-0.1, -0.05) is 25.0 Å². The summed E-state index contributed by atoms with van der Waals surface area (Å²) >= 11 is 0. The zero-order chi connectivity index (χ0) is 33.1. The fourth-order valence-corrected chi connectivity index (χ4v) is 7.21. The topological polar surface area (TPSA) is 97.1 Å². The normalized spacial score (nSPS) is 18.5. The van der Waals surface area contributed by atoms with Crippen molar-refractivity contribution in [2.45, 2.75) is 102 Å². The molecule has 0 unspecified atom stereocenters. The Labute approximate surface area is 285 Å². The molecular formula is C39H52N4O5. The van der Waals surface area contributed by atoms with Gasteiger partial charge < -0.3 is 14.6 Å². The van der Waals surface area contributed by atoms with E-state index in [-0.39, 0.29) is 12.3 Å². The lowest BCUT2D eigenvalue weighted by molar-refractivity contribution is -0.137. The molecule has 1 N–H and O–H groups in total. The van der Waals surface area contributed by atoms with E-state index in [0.717, 1.165) is 55.8 Å². The Hall–Kier alpha value is -3.69. The second-order valence-corrected chi connectivity index (χ2v) is 13.8. The van der Waals surface area contributed by atoms with Crippen molar-refractivity contribution in [1.29, 1.82) is 0 Å². The summed E-state index contributed by atoms with van der Waals surface area (Å²) in [5.74, 6) is 1.10. The zero-order valence-electron chi connectivity index (χ0n) is 28.4. The first-order valence-corrected chi connectivity index (χ1v) is 18.2. The van der Waals surface area contributed by atoms with Crippen LogP contribution in [-0.4, -0.2) is 87.8 Å². The maximum atomic E-state index is 11.9. The van der Waals surface area contributed by atoms with Crippen LogP contribution in [0.5, 0.6) is 11.5 Å². The minimum Gasteiger partial charge on any atom is -0.494 e. The summed E-state index contributed by atoms with van der Waals surface area (Å²) in [6.07, 6.45) is 19.5. The van der Waals surface area contributed by atoms with Crippen molar-refractivity contribution >= 4 is 11.9 Å². The molecular weight excluding hydrogens is 604 g/mol. The van der Waals surface area contributed by atoms with Gasteiger partial charge in [0.2, 0.25) is 5.91 Å². The molecule has 1 aromatic heterocycles. The van der Waals surface area contributed by atoms with Crippen LogP contribution in [0.1, 0.15) is 91.3 Å². The number of carbonyl (C=O) groups excluding carboxylic acids is 1. The van der Waals surface area contributed by atoms with Gasteiger partial charge in [-0.2, -0.15) is 0 Å². The molecule has 3 heterocycles. The molecule has 9 heteroatoms. The van der Waals surface area contributed by atoms with E-state index in [4.69, 9.17) is 14.6 Å². The molecule has 2 aliphatic heterocycles. The van der Waals surface area contributed by atoms with Gasteiger partial charge in [0.15, 0.2) is 0 Å². The van der Waals surface area contributed by atoms with E-state index < -0.39 is 5.97 Å². The average molecular weight is 657 g/mol. The van der Waals surface area contributed by atoms with Crippen molar-refractivity contribution < 1.29 is 24.2 Å². The molecule has 0 bridgehead atoms. The zero-order valence-corrected chi connectivity index (χ0v) is 28.4.